The molecule has 0 N–H and O–H groups in total. The van der Waals surface area contributed by atoms with E-state index in [1.807, 2.05) is 0 Å². The molecule has 0 aromatic carbocycles. The zero-order valence-corrected chi connectivity index (χ0v) is 11.0. The van der Waals surface area contributed by atoms with E-state index in [0.29, 0.717) is 6.92 Å². The standard InChI is InChI=1S/C6H5F6O2.CF2.Cf/c1-4(3(7)8)13-2-5(9,14-4)6(10,11)12;2-1-3;/h2H2,1H3;;. The van der Waals surface area contributed by atoms with Crippen molar-refractivity contribution in [2.24, 2.45) is 0 Å². The predicted molar refractivity (Wildman–Crippen MR) is 37.5 cm³/mol. The molecule has 0 saturated carbocycles. The molecular formula is C7H5CfF8O2. The Morgan fingerprint density at radius 2 is 1.67 bits per heavy atom. The normalized spacial score (nSPS) is 33.4. The molecule has 2 unspecified atom stereocenters. The van der Waals surface area contributed by atoms with Gasteiger partial charge in [-0.2, -0.15) is 0 Å². The van der Waals surface area contributed by atoms with Crippen LogP contribution in [0.1, 0.15) is 6.92 Å². The molecule has 1 saturated heterocycles. The van der Waals surface area contributed by atoms with Crippen molar-refractivity contribution in [3.05, 3.63) is 0 Å². The average Bonchev–Trinajstić information content (AvgIpc) is 2.42. The molecule has 0 radical (unpaired) electrons. The van der Waals surface area contributed by atoms with Gasteiger partial charge in [-0.05, 0) is 0 Å². The summed E-state index contributed by atoms with van der Waals surface area (Å²) < 4.78 is 104. The molecule has 0 aromatic rings. The van der Waals surface area contributed by atoms with Crippen LogP contribution in [0, 0.1) is 0 Å². The first-order valence-electron chi connectivity index (χ1n) is 4.08. The van der Waals surface area contributed by atoms with Crippen molar-refractivity contribution in [1.82, 2.24) is 0 Å². The summed E-state index contributed by atoms with van der Waals surface area (Å²) in [6.07, 6.45) is -9.96. The fraction of sp³-hybridized carbons (Fsp3) is 0.857. The summed E-state index contributed by atoms with van der Waals surface area (Å²) in [5.74, 6) is -7.77. The van der Waals surface area contributed by atoms with Crippen LogP contribution in [0.5, 0.6) is 0 Å². The molecule has 0 aliphatic carbocycles. The predicted octanol–water partition coefficient (Wildman–Crippen LogP) is 2.68. The summed E-state index contributed by atoms with van der Waals surface area (Å²) in [7, 11) is 0. The van der Waals surface area contributed by atoms with Crippen molar-refractivity contribution < 1.29 is 44.6 Å². The van der Waals surface area contributed by atoms with Crippen LogP contribution in [-0.4, -0.2) is 37.8 Å². The molecule has 0 aromatic heterocycles. The van der Waals surface area contributed by atoms with E-state index in [0.717, 1.165) is 0 Å². The molecule has 1 heterocycles. The van der Waals surface area contributed by atoms with Crippen LogP contribution < -0.4 is 0 Å². The van der Waals surface area contributed by atoms with E-state index >= 15 is 0 Å². The molecule has 1 fully saturated rings. The summed E-state index contributed by atoms with van der Waals surface area (Å²) in [6, 6.07) is 0. The van der Waals surface area contributed by atoms with Crippen LogP contribution >= 0.6 is 0 Å². The average molecular weight is 524 g/mol. The molecule has 18 heavy (non-hydrogen) atoms. The first-order chi connectivity index (χ1) is 7.83. The molecule has 0 spiro atoms. The monoisotopic (exact) mass is 522 g/mol. The van der Waals surface area contributed by atoms with Crippen molar-refractivity contribution >= 4 is 6.93 Å². The molecular weight excluding hydrogens is 519 g/mol. The van der Waals surface area contributed by atoms with Gasteiger partial charge in [0.15, 0.2) is 0 Å². The van der Waals surface area contributed by atoms with Gasteiger partial charge in [-0.25, -0.2) is 0 Å². The Morgan fingerprint density at radius 1 is 1.17 bits per heavy atom. The molecule has 1 rings (SSSR count). The van der Waals surface area contributed by atoms with Crippen molar-refractivity contribution in [2.45, 2.75) is 31.2 Å². The quantitative estimate of drug-likeness (QED) is 0.518. The van der Waals surface area contributed by atoms with Gasteiger partial charge >= 0.3 is 89.3 Å². The van der Waals surface area contributed by atoms with Gasteiger partial charge in [0.1, 0.15) is 0 Å². The maximum atomic E-state index is 13.3. The van der Waals surface area contributed by atoms with Gasteiger partial charge in [-0.1, -0.05) is 0 Å². The Kier molecular flexibility index (Phi) is 2.87. The molecule has 111 valence electrons. The number of hydrogen-bond donors (Lipinski definition) is 0. The first-order valence-corrected chi connectivity index (χ1v) is 6.72. The van der Waals surface area contributed by atoms with Crippen LogP contribution in [0.15, 0.2) is 0 Å². The Balaban J connectivity index is 3.04. The van der Waals surface area contributed by atoms with Gasteiger partial charge in [-0.15, -0.1) is 0 Å². The summed E-state index contributed by atoms with van der Waals surface area (Å²) in [6.45, 7) is -4.11. The molecule has 1 aliphatic rings. The topological polar surface area (TPSA) is 18.5 Å². The second-order valence-electron chi connectivity index (χ2n) is 3.29. The zero-order valence-electron chi connectivity index (χ0n) is 8.36. The minimum absolute atomic E-state index is 0.304. The maximum absolute atomic E-state index is 13.3. The van der Waals surface area contributed by atoms with Crippen LogP contribution in [0.2, 0.25) is 0 Å². The van der Waals surface area contributed by atoms with E-state index in [1.54, 1.807) is 0 Å². The number of halogens is 8. The fourth-order valence-corrected chi connectivity index (χ4v) is 2.56. The van der Waals surface area contributed by atoms with Crippen LogP contribution in [0.3, 0.4) is 0 Å². The number of alkyl halides is 6. The van der Waals surface area contributed by atoms with E-state index in [1.165, 1.54) is 0 Å². The van der Waals surface area contributed by atoms with Gasteiger partial charge < -0.3 is 0 Å². The third-order valence-electron chi connectivity index (χ3n) is 1.96. The summed E-state index contributed by atoms with van der Waals surface area (Å²) >= 11 is 0. The molecule has 2 atom stereocenters. The van der Waals surface area contributed by atoms with E-state index < -0.39 is 37.8 Å². The SMILES string of the molecule is CC1([C](F)(F)[Cf]=[C](F)F)OCC(F)(C(F)(F)F)O1. The Morgan fingerprint density at radius 3 is 2.00 bits per heavy atom. The van der Waals surface area contributed by atoms with Crippen molar-refractivity contribution in [3.63, 3.8) is 0 Å². The van der Waals surface area contributed by atoms with Crippen molar-refractivity contribution in [1.29, 1.82) is 0 Å². The van der Waals surface area contributed by atoms with Gasteiger partial charge in [0, 0.05) is 0 Å². The molecule has 0 bridgehead atoms. The Bertz CT molecular complexity index is 365. The van der Waals surface area contributed by atoms with Gasteiger partial charge in [-0.3, -0.25) is 0 Å². The summed E-state index contributed by atoms with van der Waals surface area (Å²) in [5.41, 5.74) is 0. The second kappa shape index (κ2) is 3.61. The molecule has 2 nitrogen and oxygen atoms in total. The van der Waals surface area contributed by atoms with Gasteiger partial charge in [0.25, 0.3) is 0 Å². The molecule has 11 heteroatoms. The summed E-state index contributed by atoms with van der Waals surface area (Å²) in [5, 5.41) is 0. The van der Waals surface area contributed by atoms with E-state index in [4.69, 9.17) is 0 Å². The van der Waals surface area contributed by atoms with Gasteiger partial charge in [0.2, 0.25) is 0 Å². The first kappa shape index (κ1) is 14.3. The van der Waals surface area contributed by atoms with Crippen LogP contribution in [0.25, 0.3) is 0 Å². The van der Waals surface area contributed by atoms with Crippen LogP contribution in [0.4, 0.5) is 35.1 Å². The number of ether oxygens (including phenoxy) is 2. The third kappa shape index (κ3) is 2.13. The van der Waals surface area contributed by atoms with Crippen molar-refractivity contribution in [3.8, 4) is 0 Å². The second-order valence-corrected chi connectivity index (χ2v) is 6.60. The van der Waals surface area contributed by atoms with E-state index in [2.05, 4.69) is 9.47 Å². The third-order valence-corrected chi connectivity index (χ3v) is 4.48. The van der Waals surface area contributed by atoms with E-state index in [9.17, 15) is 35.1 Å². The van der Waals surface area contributed by atoms with E-state index in [-0.39, 0.29) is 0 Å². The number of rotatable bonds is 2. The Hall–Kier alpha value is -1.77. The minimum atomic E-state index is -5.60. The number of hydrogen-bond acceptors (Lipinski definition) is 2. The molecule has 1 aliphatic heterocycles. The Labute approximate surface area is 90.5 Å². The summed E-state index contributed by atoms with van der Waals surface area (Å²) in [4.78, 5) is 0. The van der Waals surface area contributed by atoms with Crippen molar-refractivity contribution in [2.75, 3.05) is 6.61 Å². The van der Waals surface area contributed by atoms with Crippen LogP contribution in [-0.2, 0) is 9.47 Å². The molecule has 0 amide bonds. The zero-order chi connectivity index (χ0) is 14.4. The van der Waals surface area contributed by atoms with Gasteiger partial charge in [0.05, 0.1) is 0 Å². The fourth-order valence-electron chi connectivity index (χ4n) is 1.02.